The van der Waals surface area contributed by atoms with Crippen LogP contribution in [0.25, 0.3) is 11.0 Å². The first-order valence-electron chi connectivity index (χ1n) is 11.4. The summed E-state index contributed by atoms with van der Waals surface area (Å²) in [5.41, 5.74) is 2.48. The van der Waals surface area contributed by atoms with Crippen LogP contribution in [0.1, 0.15) is 40.7 Å². The highest BCUT2D eigenvalue weighted by atomic mass is 35.5. The lowest BCUT2D eigenvalue weighted by molar-refractivity contribution is 0.0909. The van der Waals surface area contributed by atoms with Gasteiger partial charge in [0.05, 0.1) is 6.61 Å². The van der Waals surface area contributed by atoms with Crippen LogP contribution in [0.5, 0.6) is 5.75 Å². The van der Waals surface area contributed by atoms with Gasteiger partial charge in [0.1, 0.15) is 11.3 Å². The fourth-order valence-corrected chi connectivity index (χ4v) is 4.29. The van der Waals surface area contributed by atoms with E-state index in [0.717, 1.165) is 49.8 Å². The molecule has 1 aliphatic heterocycles. The lowest BCUT2D eigenvalue weighted by Gasteiger charge is -2.32. The Balaban J connectivity index is 1.19. The Hall–Kier alpha value is -2.83. The summed E-state index contributed by atoms with van der Waals surface area (Å²) < 4.78 is 11.3. The molecule has 2 heterocycles. The second-order valence-electron chi connectivity index (χ2n) is 8.60. The molecule has 1 fully saturated rings. The van der Waals surface area contributed by atoms with Crippen LogP contribution in [0.2, 0.25) is 5.02 Å². The van der Waals surface area contributed by atoms with Crippen LogP contribution in [0.15, 0.2) is 51.7 Å². The molecule has 7 heteroatoms. The van der Waals surface area contributed by atoms with Crippen molar-refractivity contribution in [3.05, 3.63) is 74.6 Å². The van der Waals surface area contributed by atoms with Gasteiger partial charge in [-0.1, -0.05) is 11.6 Å². The predicted molar refractivity (Wildman–Crippen MR) is 130 cm³/mol. The molecule has 0 saturated carbocycles. The topological polar surface area (TPSA) is 71.8 Å². The molecule has 2 aromatic carbocycles. The van der Waals surface area contributed by atoms with E-state index in [0.29, 0.717) is 34.1 Å². The number of hydrogen-bond acceptors (Lipinski definition) is 5. The fraction of sp³-hybridized carbons (Fsp3) is 0.385. The maximum absolute atomic E-state index is 12.4. The minimum atomic E-state index is -0.301. The SMILES string of the molecule is Cc1c(C)c2ccc(OCCCN3CCC(NC(=O)c4ccc(Cl)cc4)CC3)cc2oc1=O. The number of halogens is 1. The molecule has 1 aliphatic rings. The molecule has 0 bridgehead atoms. The Morgan fingerprint density at radius 3 is 2.58 bits per heavy atom. The molecule has 0 spiro atoms. The number of carbonyl (C=O) groups excluding carboxylic acids is 1. The number of aryl methyl sites for hydroxylation is 1. The second kappa shape index (κ2) is 10.4. The maximum atomic E-state index is 12.4. The summed E-state index contributed by atoms with van der Waals surface area (Å²) >= 11 is 5.89. The van der Waals surface area contributed by atoms with Gasteiger partial charge in [-0.15, -0.1) is 0 Å². The molecule has 3 aromatic rings. The molecule has 4 rings (SSSR count). The van der Waals surface area contributed by atoms with Gasteiger partial charge in [0, 0.05) is 53.3 Å². The van der Waals surface area contributed by atoms with Gasteiger partial charge in [0.2, 0.25) is 0 Å². The van der Waals surface area contributed by atoms with Crippen LogP contribution in [-0.2, 0) is 0 Å². The van der Waals surface area contributed by atoms with Crippen molar-refractivity contribution in [1.82, 2.24) is 10.2 Å². The lowest BCUT2D eigenvalue weighted by Crippen LogP contribution is -2.45. The number of benzene rings is 2. The zero-order valence-electron chi connectivity index (χ0n) is 19.0. The molecular weight excluding hydrogens is 440 g/mol. The molecule has 0 aliphatic carbocycles. The van der Waals surface area contributed by atoms with Gasteiger partial charge in [-0.05, 0) is 75.1 Å². The lowest BCUT2D eigenvalue weighted by atomic mass is 10.0. The van der Waals surface area contributed by atoms with E-state index in [1.54, 1.807) is 37.3 Å². The van der Waals surface area contributed by atoms with Crippen LogP contribution >= 0.6 is 11.6 Å². The van der Waals surface area contributed by atoms with E-state index in [1.165, 1.54) is 0 Å². The monoisotopic (exact) mass is 468 g/mol. The molecular formula is C26H29ClN2O4. The van der Waals surface area contributed by atoms with Crippen molar-refractivity contribution in [3.8, 4) is 5.75 Å². The third-order valence-corrected chi connectivity index (χ3v) is 6.60. The van der Waals surface area contributed by atoms with Crippen molar-refractivity contribution in [2.45, 2.75) is 39.2 Å². The van der Waals surface area contributed by atoms with Crippen LogP contribution in [0, 0.1) is 13.8 Å². The second-order valence-corrected chi connectivity index (χ2v) is 9.03. The summed E-state index contributed by atoms with van der Waals surface area (Å²) in [4.78, 5) is 26.7. The number of rotatable bonds is 7. The summed E-state index contributed by atoms with van der Waals surface area (Å²) in [6.07, 6.45) is 2.77. The Morgan fingerprint density at radius 2 is 1.85 bits per heavy atom. The highest BCUT2D eigenvalue weighted by Crippen LogP contribution is 2.24. The number of nitrogens with zero attached hydrogens (tertiary/aromatic N) is 1. The third-order valence-electron chi connectivity index (χ3n) is 6.35. The standard InChI is InChI=1S/C26H29ClN2O4/c1-17-18(2)26(31)33-24-16-22(8-9-23(17)24)32-15-3-12-29-13-10-21(11-14-29)28-25(30)19-4-6-20(27)7-5-19/h4-9,16,21H,3,10-15H2,1-2H3,(H,28,30). The highest BCUT2D eigenvalue weighted by Gasteiger charge is 2.21. The quantitative estimate of drug-likeness (QED) is 0.401. The fourth-order valence-electron chi connectivity index (χ4n) is 4.17. The number of ether oxygens (including phenoxy) is 1. The van der Waals surface area contributed by atoms with Gasteiger partial charge in [-0.3, -0.25) is 4.79 Å². The Bertz CT molecular complexity index is 1180. The van der Waals surface area contributed by atoms with E-state index < -0.39 is 0 Å². The van der Waals surface area contributed by atoms with Crippen molar-refractivity contribution in [3.63, 3.8) is 0 Å². The molecule has 33 heavy (non-hydrogen) atoms. The summed E-state index contributed by atoms with van der Waals surface area (Å²) in [5.74, 6) is 0.660. The van der Waals surface area contributed by atoms with Crippen molar-refractivity contribution in [2.75, 3.05) is 26.2 Å². The summed E-state index contributed by atoms with van der Waals surface area (Å²) in [6, 6.07) is 12.8. The predicted octanol–water partition coefficient (Wildman–Crippen LogP) is 4.73. The molecule has 6 nitrogen and oxygen atoms in total. The minimum Gasteiger partial charge on any atom is -0.493 e. The van der Waals surface area contributed by atoms with Crippen molar-refractivity contribution in [2.24, 2.45) is 0 Å². The largest absolute Gasteiger partial charge is 0.493 e. The van der Waals surface area contributed by atoms with Crippen LogP contribution < -0.4 is 15.7 Å². The number of carbonyl (C=O) groups is 1. The van der Waals surface area contributed by atoms with Gasteiger partial charge in [-0.25, -0.2) is 4.79 Å². The third kappa shape index (κ3) is 5.75. The molecule has 174 valence electrons. The molecule has 1 saturated heterocycles. The van der Waals surface area contributed by atoms with Crippen LogP contribution in [0.3, 0.4) is 0 Å². The van der Waals surface area contributed by atoms with Crippen molar-refractivity contribution >= 4 is 28.5 Å². The minimum absolute atomic E-state index is 0.0462. The highest BCUT2D eigenvalue weighted by molar-refractivity contribution is 6.30. The van der Waals surface area contributed by atoms with Gasteiger partial charge >= 0.3 is 5.63 Å². The van der Waals surface area contributed by atoms with Gasteiger partial charge in [0.15, 0.2) is 0 Å². The number of piperidine rings is 1. The van der Waals surface area contributed by atoms with E-state index in [1.807, 2.05) is 19.1 Å². The van der Waals surface area contributed by atoms with E-state index in [-0.39, 0.29) is 17.6 Å². The van der Waals surface area contributed by atoms with Crippen molar-refractivity contribution < 1.29 is 13.9 Å². The average molecular weight is 469 g/mol. The van der Waals surface area contributed by atoms with Crippen LogP contribution in [-0.4, -0.2) is 43.1 Å². The van der Waals surface area contributed by atoms with Crippen LogP contribution in [0.4, 0.5) is 0 Å². The average Bonchev–Trinajstić information content (AvgIpc) is 2.81. The number of fused-ring (bicyclic) bond motifs is 1. The first kappa shape index (κ1) is 23.3. The smallest absolute Gasteiger partial charge is 0.339 e. The number of hydrogen-bond donors (Lipinski definition) is 1. The maximum Gasteiger partial charge on any atom is 0.339 e. The van der Waals surface area contributed by atoms with E-state index in [2.05, 4.69) is 10.2 Å². The Labute approximate surface area is 198 Å². The van der Waals surface area contributed by atoms with Gasteiger partial charge in [-0.2, -0.15) is 0 Å². The molecule has 1 N–H and O–H groups in total. The zero-order valence-corrected chi connectivity index (χ0v) is 19.8. The Morgan fingerprint density at radius 1 is 1.12 bits per heavy atom. The summed E-state index contributed by atoms with van der Waals surface area (Å²) in [6.45, 7) is 7.14. The van der Waals surface area contributed by atoms with Crippen molar-refractivity contribution in [1.29, 1.82) is 0 Å². The van der Waals surface area contributed by atoms with Gasteiger partial charge in [0.25, 0.3) is 5.91 Å². The first-order valence-corrected chi connectivity index (χ1v) is 11.7. The molecule has 1 amide bonds. The number of likely N-dealkylation sites (tertiary alicyclic amines) is 1. The normalized spacial score (nSPS) is 15.0. The molecule has 0 atom stereocenters. The van der Waals surface area contributed by atoms with Gasteiger partial charge < -0.3 is 19.4 Å². The Kier molecular flexibility index (Phi) is 7.36. The first-order chi connectivity index (χ1) is 15.9. The number of amides is 1. The molecule has 0 radical (unpaired) electrons. The summed E-state index contributed by atoms with van der Waals surface area (Å²) in [5, 5.41) is 4.69. The molecule has 0 unspecified atom stereocenters. The number of nitrogens with one attached hydrogen (secondary N) is 1. The molecule has 1 aromatic heterocycles. The zero-order chi connectivity index (χ0) is 23.4. The van der Waals surface area contributed by atoms with E-state index in [9.17, 15) is 9.59 Å². The summed E-state index contributed by atoms with van der Waals surface area (Å²) in [7, 11) is 0. The van der Waals surface area contributed by atoms with E-state index in [4.69, 9.17) is 20.8 Å². The van der Waals surface area contributed by atoms with E-state index >= 15 is 0 Å².